The zero-order chi connectivity index (χ0) is 11.4. The van der Waals surface area contributed by atoms with Crippen molar-refractivity contribution in [3.05, 3.63) is 0 Å². The first-order chi connectivity index (χ1) is 7.75. The number of carbonyl (C=O) groups is 1. The van der Waals surface area contributed by atoms with Crippen molar-refractivity contribution in [2.24, 2.45) is 0 Å². The average Bonchev–Trinajstić information content (AvgIpc) is 2.80. The van der Waals surface area contributed by atoms with Crippen LogP contribution in [0, 0.1) is 0 Å². The predicted molar refractivity (Wildman–Crippen MR) is 63.7 cm³/mol. The van der Waals surface area contributed by atoms with E-state index in [0.717, 1.165) is 51.8 Å². The molecule has 2 aliphatic rings. The largest absolute Gasteiger partial charge is 0.378 e. The summed E-state index contributed by atoms with van der Waals surface area (Å²) < 4.78 is 5.52. The quantitative estimate of drug-likeness (QED) is 0.714. The number of hydrogen-bond acceptors (Lipinski definition) is 2. The summed E-state index contributed by atoms with van der Waals surface area (Å²) in [4.78, 5) is 13.8. The van der Waals surface area contributed by atoms with Crippen molar-refractivity contribution in [2.45, 2.75) is 50.0 Å². The van der Waals surface area contributed by atoms with Crippen LogP contribution in [0.4, 0.5) is 0 Å². The molecule has 0 aromatic heterocycles. The van der Waals surface area contributed by atoms with Gasteiger partial charge in [0, 0.05) is 31.5 Å². The topological polar surface area (TPSA) is 29.5 Å². The van der Waals surface area contributed by atoms with Crippen LogP contribution in [0.1, 0.15) is 38.5 Å². The number of halogens is 1. The highest BCUT2D eigenvalue weighted by Crippen LogP contribution is 2.20. The fourth-order valence-electron chi connectivity index (χ4n) is 2.41. The number of nitrogens with zero attached hydrogens (tertiary/aromatic N) is 1. The van der Waals surface area contributed by atoms with E-state index in [2.05, 4.69) is 0 Å². The Balaban J connectivity index is 1.67. The molecular formula is C12H20ClNO2. The number of alkyl halides is 1. The summed E-state index contributed by atoms with van der Waals surface area (Å²) in [5, 5.41) is 0.266. The van der Waals surface area contributed by atoms with Crippen molar-refractivity contribution in [3.8, 4) is 0 Å². The molecule has 1 amide bonds. The first-order valence-electron chi connectivity index (χ1n) is 6.29. The first kappa shape index (κ1) is 12.2. The van der Waals surface area contributed by atoms with E-state index in [1.807, 2.05) is 4.90 Å². The van der Waals surface area contributed by atoms with Gasteiger partial charge in [-0.25, -0.2) is 0 Å². The van der Waals surface area contributed by atoms with Crippen LogP contribution in [0.15, 0.2) is 0 Å². The predicted octanol–water partition coefficient (Wildman–Crippen LogP) is 2.18. The van der Waals surface area contributed by atoms with E-state index in [-0.39, 0.29) is 11.3 Å². The Hall–Kier alpha value is -0.280. The molecule has 2 heterocycles. The Kier molecular flexibility index (Phi) is 4.47. The lowest BCUT2D eigenvalue weighted by atomic mass is 10.1. The summed E-state index contributed by atoms with van der Waals surface area (Å²) in [5.74, 6) is 0.277. The number of likely N-dealkylation sites (tertiary alicyclic amines) is 1. The molecule has 0 bridgehead atoms. The van der Waals surface area contributed by atoms with E-state index in [9.17, 15) is 4.79 Å². The Labute approximate surface area is 102 Å². The van der Waals surface area contributed by atoms with E-state index >= 15 is 0 Å². The lowest BCUT2D eigenvalue weighted by Gasteiger charge is -2.29. The van der Waals surface area contributed by atoms with Crippen molar-refractivity contribution in [2.75, 3.05) is 19.7 Å². The molecule has 4 heteroatoms. The van der Waals surface area contributed by atoms with Gasteiger partial charge in [0.1, 0.15) is 0 Å². The molecule has 0 radical (unpaired) electrons. The summed E-state index contributed by atoms with van der Waals surface area (Å²) in [7, 11) is 0. The maximum absolute atomic E-state index is 11.9. The molecule has 0 N–H and O–H groups in total. The zero-order valence-electron chi connectivity index (χ0n) is 9.66. The minimum absolute atomic E-state index is 0.266. The second kappa shape index (κ2) is 5.87. The van der Waals surface area contributed by atoms with Gasteiger partial charge in [-0.3, -0.25) is 4.79 Å². The van der Waals surface area contributed by atoms with Crippen LogP contribution in [0.2, 0.25) is 0 Å². The smallest absolute Gasteiger partial charge is 0.222 e. The number of piperidine rings is 1. The first-order valence-corrected chi connectivity index (χ1v) is 6.73. The fraction of sp³-hybridized carbons (Fsp3) is 0.917. The summed E-state index contributed by atoms with van der Waals surface area (Å²) in [6.45, 7) is 2.54. The van der Waals surface area contributed by atoms with Crippen LogP contribution in [0.3, 0.4) is 0 Å². The number of ether oxygens (including phenoxy) is 1. The van der Waals surface area contributed by atoms with Gasteiger partial charge in [0.05, 0.1) is 6.10 Å². The normalized spacial score (nSPS) is 27.3. The molecule has 16 heavy (non-hydrogen) atoms. The zero-order valence-corrected chi connectivity index (χ0v) is 10.4. The van der Waals surface area contributed by atoms with Crippen LogP contribution in [0.5, 0.6) is 0 Å². The third-order valence-corrected chi connectivity index (χ3v) is 3.92. The molecule has 2 saturated heterocycles. The third kappa shape index (κ3) is 3.36. The lowest BCUT2D eigenvalue weighted by molar-refractivity contribution is -0.132. The lowest BCUT2D eigenvalue weighted by Crippen LogP contribution is -2.39. The molecule has 3 nitrogen and oxygen atoms in total. The highest BCUT2D eigenvalue weighted by molar-refractivity contribution is 6.20. The molecule has 1 unspecified atom stereocenters. The number of hydrogen-bond donors (Lipinski definition) is 0. The highest BCUT2D eigenvalue weighted by atomic mass is 35.5. The van der Waals surface area contributed by atoms with Gasteiger partial charge in [0.15, 0.2) is 0 Å². The Morgan fingerprint density at radius 3 is 2.69 bits per heavy atom. The van der Waals surface area contributed by atoms with Crippen molar-refractivity contribution >= 4 is 17.5 Å². The molecular weight excluding hydrogens is 226 g/mol. The van der Waals surface area contributed by atoms with E-state index in [1.165, 1.54) is 0 Å². The van der Waals surface area contributed by atoms with E-state index in [4.69, 9.17) is 16.3 Å². The van der Waals surface area contributed by atoms with Gasteiger partial charge in [-0.15, -0.1) is 11.6 Å². The summed E-state index contributed by atoms with van der Waals surface area (Å²) >= 11 is 6.01. The second-order valence-corrected chi connectivity index (χ2v) is 5.35. The molecule has 2 fully saturated rings. The molecule has 0 spiro atoms. The third-order valence-electron chi connectivity index (χ3n) is 3.48. The minimum atomic E-state index is 0.266. The Morgan fingerprint density at radius 1 is 1.31 bits per heavy atom. The van der Waals surface area contributed by atoms with Crippen molar-refractivity contribution < 1.29 is 9.53 Å². The standard InChI is InChI=1S/C12H20ClNO2/c13-10-5-7-14(8-6-10)12(15)4-3-11-2-1-9-16-11/h10-11H,1-9H2. The monoisotopic (exact) mass is 245 g/mol. The van der Waals surface area contributed by atoms with Crippen LogP contribution >= 0.6 is 11.6 Å². The van der Waals surface area contributed by atoms with Gasteiger partial charge in [-0.1, -0.05) is 0 Å². The second-order valence-electron chi connectivity index (χ2n) is 4.73. The molecule has 0 aromatic carbocycles. The van der Waals surface area contributed by atoms with Gasteiger partial charge in [0.2, 0.25) is 5.91 Å². The van der Waals surface area contributed by atoms with Crippen molar-refractivity contribution in [1.29, 1.82) is 0 Å². The van der Waals surface area contributed by atoms with Crippen LogP contribution in [-0.2, 0) is 9.53 Å². The molecule has 1 atom stereocenters. The van der Waals surface area contributed by atoms with Gasteiger partial charge in [-0.05, 0) is 32.1 Å². The van der Waals surface area contributed by atoms with Gasteiger partial charge >= 0.3 is 0 Å². The minimum Gasteiger partial charge on any atom is -0.378 e. The van der Waals surface area contributed by atoms with Crippen molar-refractivity contribution in [3.63, 3.8) is 0 Å². The fourth-order valence-corrected chi connectivity index (χ4v) is 2.61. The number of amides is 1. The molecule has 0 aliphatic carbocycles. The van der Waals surface area contributed by atoms with Gasteiger partial charge in [-0.2, -0.15) is 0 Å². The maximum Gasteiger partial charge on any atom is 0.222 e. The van der Waals surface area contributed by atoms with Crippen LogP contribution in [0.25, 0.3) is 0 Å². The average molecular weight is 246 g/mol. The van der Waals surface area contributed by atoms with E-state index in [0.29, 0.717) is 12.5 Å². The van der Waals surface area contributed by atoms with E-state index in [1.54, 1.807) is 0 Å². The molecule has 0 saturated carbocycles. The van der Waals surface area contributed by atoms with Crippen LogP contribution in [-0.4, -0.2) is 42.0 Å². The summed E-state index contributed by atoms with van der Waals surface area (Å²) in [5.41, 5.74) is 0. The molecule has 2 rings (SSSR count). The van der Waals surface area contributed by atoms with E-state index < -0.39 is 0 Å². The number of carbonyl (C=O) groups excluding carboxylic acids is 1. The molecule has 92 valence electrons. The molecule has 2 aliphatic heterocycles. The van der Waals surface area contributed by atoms with Gasteiger partial charge < -0.3 is 9.64 Å². The Morgan fingerprint density at radius 2 is 2.06 bits per heavy atom. The SMILES string of the molecule is O=C(CCC1CCCO1)N1CCC(Cl)CC1. The van der Waals surface area contributed by atoms with Gasteiger partial charge in [0.25, 0.3) is 0 Å². The number of rotatable bonds is 3. The maximum atomic E-state index is 11.9. The highest BCUT2D eigenvalue weighted by Gasteiger charge is 2.23. The molecule has 0 aromatic rings. The summed E-state index contributed by atoms with van der Waals surface area (Å²) in [6, 6.07) is 0. The Bertz CT molecular complexity index is 233. The van der Waals surface area contributed by atoms with Crippen LogP contribution < -0.4 is 0 Å². The summed E-state index contributed by atoms with van der Waals surface area (Å²) in [6.07, 6.45) is 6.00. The van der Waals surface area contributed by atoms with Crippen molar-refractivity contribution in [1.82, 2.24) is 4.90 Å².